The molecule has 2 aliphatic heterocycles. The minimum Gasteiger partial charge on any atom is -0.368 e. The summed E-state index contributed by atoms with van der Waals surface area (Å²) in [5.41, 5.74) is 6.45. The average Bonchev–Trinajstić information content (AvgIpc) is 3.23. The third kappa shape index (κ3) is 5.17. The third-order valence-corrected chi connectivity index (χ3v) is 8.01. The van der Waals surface area contributed by atoms with Crippen LogP contribution in [0.15, 0.2) is 35.9 Å². The fraction of sp³-hybridized carbons (Fsp3) is 0.560. The zero-order chi connectivity index (χ0) is 25.3. The molecular formula is C25H33FN8OS. The molecule has 3 aromatic heterocycles. The predicted octanol–water partition coefficient (Wildman–Crippen LogP) is 3.47. The molecule has 5 heterocycles. The van der Waals surface area contributed by atoms with Gasteiger partial charge in [0.1, 0.15) is 5.52 Å². The first-order valence-corrected chi connectivity index (χ1v) is 13.5. The largest absolute Gasteiger partial charge is 0.368 e. The van der Waals surface area contributed by atoms with Crippen molar-refractivity contribution in [2.75, 3.05) is 31.9 Å². The SMILES string of the molecule is CC(C)Sc1nc2cccnc2n1C1CCN(C(=O)C2(F)CCN(Cc3cnc(N)nc3)CC2)CC1. The number of thioether (sulfide) groups is 1. The van der Waals surface area contributed by atoms with Crippen molar-refractivity contribution in [3.8, 4) is 0 Å². The van der Waals surface area contributed by atoms with E-state index in [1.807, 2.05) is 12.1 Å². The van der Waals surface area contributed by atoms with E-state index in [9.17, 15) is 4.79 Å². The quantitative estimate of drug-likeness (QED) is 0.501. The summed E-state index contributed by atoms with van der Waals surface area (Å²) < 4.78 is 18.0. The van der Waals surface area contributed by atoms with Gasteiger partial charge in [-0.1, -0.05) is 25.6 Å². The van der Waals surface area contributed by atoms with Gasteiger partial charge < -0.3 is 15.2 Å². The van der Waals surface area contributed by atoms with Crippen LogP contribution in [0.4, 0.5) is 10.3 Å². The Labute approximate surface area is 214 Å². The number of likely N-dealkylation sites (tertiary alicyclic amines) is 2. The molecule has 36 heavy (non-hydrogen) atoms. The number of piperidine rings is 2. The lowest BCUT2D eigenvalue weighted by molar-refractivity contribution is -0.149. The maximum absolute atomic E-state index is 15.8. The number of pyridine rings is 1. The molecule has 0 spiro atoms. The molecule has 0 aliphatic carbocycles. The number of hydrogen-bond acceptors (Lipinski definition) is 8. The number of aromatic nitrogens is 5. The number of fused-ring (bicyclic) bond motifs is 1. The number of anilines is 1. The van der Waals surface area contributed by atoms with E-state index in [1.54, 1.807) is 35.3 Å². The van der Waals surface area contributed by atoms with Gasteiger partial charge in [-0.15, -0.1) is 0 Å². The molecule has 2 saturated heterocycles. The molecule has 0 unspecified atom stereocenters. The van der Waals surface area contributed by atoms with E-state index >= 15 is 4.39 Å². The van der Waals surface area contributed by atoms with Gasteiger partial charge in [-0.2, -0.15) is 0 Å². The van der Waals surface area contributed by atoms with Gasteiger partial charge in [0.15, 0.2) is 16.5 Å². The fourth-order valence-electron chi connectivity index (χ4n) is 5.13. The number of nitrogens with zero attached hydrogens (tertiary/aromatic N) is 7. The number of hydrogen-bond donors (Lipinski definition) is 1. The van der Waals surface area contributed by atoms with Gasteiger partial charge in [-0.3, -0.25) is 9.69 Å². The van der Waals surface area contributed by atoms with Gasteiger partial charge in [0.2, 0.25) is 5.95 Å². The minimum atomic E-state index is -1.80. The van der Waals surface area contributed by atoms with Crippen LogP contribution in [0.5, 0.6) is 0 Å². The first-order valence-electron chi connectivity index (χ1n) is 12.6. The number of halogens is 1. The smallest absolute Gasteiger partial charge is 0.260 e. The summed E-state index contributed by atoms with van der Waals surface area (Å²) in [6.07, 6.45) is 7.11. The Hall–Kier alpha value is -2.79. The predicted molar refractivity (Wildman–Crippen MR) is 138 cm³/mol. The first kappa shape index (κ1) is 24.9. The fourth-order valence-corrected chi connectivity index (χ4v) is 6.05. The van der Waals surface area contributed by atoms with Crippen molar-refractivity contribution >= 4 is 34.8 Å². The van der Waals surface area contributed by atoms with Crippen LogP contribution in [0.1, 0.15) is 51.1 Å². The molecule has 192 valence electrons. The summed E-state index contributed by atoms with van der Waals surface area (Å²) in [5, 5.41) is 1.36. The van der Waals surface area contributed by atoms with Crippen molar-refractivity contribution in [1.29, 1.82) is 0 Å². The van der Waals surface area contributed by atoms with Crippen LogP contribution in [0.2, 0.25) is 0 Å². The second-order valence-electron chi connectivity index (χ2n) is 9.99. The maximum atomic E-state index is 15.8. The summed E-state index contributed by atoms with van der Waals surface area (Å²) in [4.78, 5) is 34.6. The number of amides is 1. The van der Waals surface area contributed by atoms with E-state index in [-0.39, 0.29) is 30.7 Å². The number of carbonyl (C=O) groups excluding carboxylic acids is 1. The zero-order valence-corrected chi connectivity index (χ0v) is 21.6. The lowest BCUT2D eigenvalue weighted by Crippen LogP contribution is -2.53. The normalized spacial score (nSPS) is 19.3. The number of carbonyl (C=O) groups is 1. The molecule has 0 bridgehead atoms. The monoisotopic (exact) mass is 512 g/mol. The molecule has 2 aliphatic rings. The molecule has 0 aromatic carbocycles. The Bertz CT molecular complexity index is 1200. The van der Waals surface area contributed by atoms with E-state index in [4.69, 9.17) is 10.7 Å². The van der Waals surface area contributed by atoms with Crippen LogP contribution in [0, 0.1) is 0 Å². The molecule has 11 heteroatoms. The number of rotatable bonds is 6. The number of nitrogens with two attached hydrogens (primary N) is 1. The van der Waals surface area contributed by atoms with Crippen LogP contribution >= 0.6 is 11.8 Å². The Morgan fingerprint density at radius 2 is 1.86 bits per heavy atom. The van der Waals surface area contributed by atoms with Crippen LogP contribution in [0.3, 0.4) is 0 Å². The summed E-state index contributed by atoms with van der Waals surface area (Å²) in [6.45, 7) is 7.05. The molecule has 0 atom stereocenters. The molecule has 3 aromatic rings. The van der Waals surface area contributed by atoms with Crippen molar-refractivity contribution in [3.63, 3.8) is 0 Å². The Morgan fingerprint density at radius 3 is 2.53 bits per heavy atom. The average molecular weight is 513 g/mol. The maximum Gasteiger partial charge on any atom is 0.260 e. The van der Waals surface area contributed by atoms with Crippen molar-refractivity contribution in [2.45, 2.75) is 68.2 Å². The van der Waals surface area contributed by atoms with E-state index in [1.165, 1.54) is 0 Å². The van der Waals surface area contributed by atoms with E-state index in [0.717, 1.165) is 34.7 Å². The lowest BCUT2D eigenvalue weighted by atomic mass is 9.90. The molecule has 5 rings (SSSR count). The summed E-state index contributed by atoms with van der Waals surface area (Å²) in [5.74, 6) is -0.122. The van der Waals surface area contributed by atoms with Gasteiger partial charge in [0.25, 0.3) is 5.91 Å². The van der Waals surface area contributed by atoms with Gasteiger partial charge in [-0.05, 0) is 25.0 Å². The number of alkyl halides is 1. The molecule has 9 nitrogen and oxygen atoms in total. The summed E-state index contributed by atoms with van der Waals surface area (Å²) in [7, 11) is 0. The van der Waals surface area contributed by atoms with Crippen molar-refractivity contribution in [3.05, 3.63) is 36.3 Å². The van der Waals surface area contributed by atoms with Crippen molar-refractivity contribution in [2.24, 2.45) is 0 Å². The summed E-state index contributed by atoms with van der Waals surface area (Å²) in [6, 6.07) is 4.08. The highest BCUT2D eigenvalue weighted by molar-refractivity contribution is 7.99. The van der Waals surface area contributed by atoms with Crippen LogP contribution < -0.4 is 5.73 Å². The second kappa shape index (κ2) is 10.3. The third-order valence-electron chi connectivity index (χ3n) is 7.04. The molecule has 2 fully saturated rings. The lowest BCUT2D eigenvalue weighted by Gasteiger charge is -2.40. The molecular weight excluding hydrogens is 479 g/mol. The highest BCUT2D eigenvalue weighted by Crippen LogP contribution is 2.36. The van der Waals surface area contributed by atoms with Crippen LogP contribution in [-0.4, -0.2) is 77.3 Å². The summed E-state index contributed by atoms with van der Waals surface area (Å²) >= 11 is 1.73. The van der Waals surface area contributed by atoms with Gasteiger partial charge >= 0.3 is 0 Å². The van der Waals surface area contributed by atoms with Crippen molar-refractivity contribution < 1.29 is 9.18 Å². The highest BCUT2D eigenvalue weighted by Gasteiger charge is 2.45. The Morgan fingerprint density at radius 1 is 1.17 bits per heavy atom. The number of imidazole rings is 1. The number of nitrogen functional groups attached to an aromatic ring is 1. The Balaban J connectivity index is 1.20. The molecule has 0 saturated carbocycles. The van der Waals surface area contributed by atoms with Crippen LogP contribution in [-0.2, 0) is 11.3 Å². The minimum absolute atomic E-state index is 0.190. The molecule has 2 N–H and O–H groups in total. The molecule has 1 amide bonds. The van der Waals surface area contributed by atoms with E-state index in [2.05, 4.69) is 38.3 Å². The Kier molecular flexibility index (Phi) is 7.11. The van der Waals surface area contributed by atoms with Gasteiger partial charge in [-0.25, -0.2) is 24.3 Å². The van der Waals surface area contributed by atoms with Crippen LogP contribution in [0.25, 0.3) is 11.2 Å². The van der Waals surface area contributed by atoms with Crippen molar-refractivity contribution in [1.82, 2.24) is 34.3 Å². The topological polar surface area (TPSA) is 106 Å². The second-order valence-corrected chi connectivity index (χ2v) is 11.5. The highest BCUT2D eigenvalue weighted by atomic mass is 32.2. The van der Waals surface area contributed by atoms with E-state index in [0.29, 0.717) is 38.0 Å². The van der Waals surface area contributed by atoms with Gasteiger partial charge in [0.05, 0.1) is 0 Å². The molecule has 0 radical (unpaired) electrons. The first-order chi connectivity index (χ1) is 17.3. The zero-order valence-electron chi connectivity index (χ0n) is 20.8. The van der Waals surface area contributed by atoms with E-state index < -0.39 is 5.67 Å². The van der Waals surface area contributed by atoms with Gasteiger partial charge in [0, 0.05) is 81.0 Å². The standard InChI is InChI=1S/C25H33FN8OS/c1-17(2)36-24-31-20-4-3-9-28-21(20)34(24)19-5-10-33(11-6-19)22(35)25(26)7-12-32(13-8-25)16-18-14-29-23(27)30-15-18/h3-4,9,14-15,17,19H,5-8,10-13,16H2,1-2H3,(H2,27,29,30).